The van der Waals surface area contributed by atoms with E-state index in [1.807, 2.05) is 0 Å². The van der Waals surface area contributed by atoms with Crippen molar-refractivity contribution in [1.29, 1.82) is 5.26 Å². The van der Waals surface area contributed by atoms with Gasteiger partial charge in [-0.05, 0) is 50.5 Å². The van der Waals surface area contributed by atoms with Gasteiger partial charge in [-0.15, -0.1) is 0 Å². The Bertz CT molecular complexity index is 321. The maximum Gasteiger partial charge on any atom is 0.133 e. The number of hydrogen-bond acceptors (Lipinski definition) is 3. The van der Waals surface area contributed by atoms with Gasteiger partial charge in [-0.1, -0.05) is 26.7 Å². The van der Waals surface area contributed by atoms with Crippen LogP contribution in [0.2, 0.25) is 0 Å². The first-order chi connectivity index (χ1) is 9.20. The van der Waals surface area contributed by atoms with E-state index >= 15 is 0 Å². The first-order valence-corrected chi connectivity index (χ1v) is 7.98. The first kappa shape index (κ1) is 14.8. The van der Waals surface area contributed by atoms with E-state index in [1.165, 1.54) is 38.5 Å². The summed E-state index contributed by atoms with van der Waals surface area (Å²) in [5.41, 5.74) is -0.420. The Hall–Kier alpha value is -0.590. The summed E-state index contributed by atoms with van der Waals surface area (Å²) in [7, 11) is 0. The highest BCUT2D eigenvalue weighted by molar-refractivity contribution is 5.15. The highest BCUT2D eigenvalue weighted by Gasteiger charge is 2.46. The van der Waals surface area contributed by atoms with Gasteiger partial charge in [-0.25, -0.2) is 0 Å². The molecule has 0 heterocycles. The second-order valence-electron chi connectivity index (χ2n) is 6.49. The van der Waals surface area contributed by atoms with E-state index < -0.39 is 5.54 Å². The monoisotopic (exact) mass is 264 g/mol. The van der Waals surface area contributed by atoms with Gasteiger partial charge in [-0.2, -0.15) is 5.26 Å². The van der Waals surface area contributed by atoms with Gasteiger partial charge in [-0.3, -0.25) is 5.32 Å². The molecule has 0 bridgehead atoms. The SMILES string of the molecule is CCCNC(C#N)(COC1CCCC(C)C1)C1CC1. The van der Waals surface area contributed by atoms with Gasteiger partial charge in [0.05, 0.1) is 18.8 Å². The van der Waals surface area contributed by atoms with Crippen molar-refractivity contribution in [3.05, 3.63) is 0 Å². The Morgan fingerprint density at radius 3 is 2.68 bits per heavy atom. The van der Waals surface area contributed by atoms with Crippen molar-refractivity contribution >= 4 is 0 Å². The second-order valence-corrected chi connectivity index (χ2v) is 6.49. The van der Waals surface area contributed by atoms with Gasteiger partial charge in [0, 0.05) is 0 Å². The highest BCUT2D eigenvalue weighted by Crippen LogP contribution is 2.40. The molecule has 0 saturated heterocycles. The minimum absolute atomic E-state index is 0.374. The number of ether oxygens (including phenoxy) is 1. The Kier molecular flexibility index (Phi) is 5.24. The van der Waals surface area contributed by atoms with Gasteiger partial charge >= 0.3 is 0 Å². The number of nitrogens with one attached hydrogen (secondary N) is 1. The average molecular weight is 264 g/mol. The van der Waals surface area contributed by atoms with Crippen LogP contribution in [0, 0.1) is 23.2 Å². The van der Waals surface area contributed by atoms with Crippen molar-refractivity contribution in [2.75, 3.05) is 13.2 Å². The molecule has 2 aliphatic carbocycles. The molecule has 19 heavy (non-hydrogen) atoms. The summed E-state index contributed by atoms with van der Waals surface area (Å²) in [6.07, 6.45) is 8.74. The number of hydrogen-bond donors (Lipinski definition) is 1. The third-order valence-corrected chi connectivity index (χ3v) is 4.60. The largest absolute Gasteiger partial charge is 0.375 e. The molecule has 0 aliphatic heterocycles. The molecule has 3 heteroatoms. The smallest absolute Gasteiger partial charge is 0.133 e. The maximum absolute atomic E-state index is 9.60. The fourth-order valence-electron chi connectivity index (χ4n) is 3.18. The molecule has 3 nitrogen and oxygen atoms in total. The van der Waals surface area contributed by atoms with Crippen molar-refractivity contribution in [3.8, 4) is 6.07 Å². The predicted octanol–water partition coefficient (Wildman–Crippen LogP) is 3.25. The Morgan fingerprint density at radius 2 is 2.11 bits per heavy atom. The van der Waals surface area contributed by atoms with Crippen LogP contribution >= 0.6 is 0 Å². The fraction of sp³-hybridized carbons (Fsp3) is 0.938. The van der Waals surface area contributed by atoms with Crippen LogP contribution in [0.4, 0.5) is 0 Å². The number of nitriles is 1. The number of nitrogens with zero attached hydrogens (tertiary/aromatic N) is 1. The summed E-state index contributed by atoms with van der Waals surface area (Å²) < 4.78 is 6.12. The van der Waals surface area contributed by atoms with Crippen LogP contribution in [0.15, 0.2) is 0 Å². The molecule has 0 spiro atoms. The van der Waals surface area contributed by atoms with Crippen molar-refractivity contribution in [2.24, 2.45) is 11.8 Å². The van der Waals surface area contributed by atoms with E-state index in [0.29, 0.717) is 18.6 Å². The molecule has 3 atom stereocenters. The molecule has 0 amide bonds. The molecule has 108 valence electrons. The Labute approximate surface area is 117 Å². The van der Waals surface area contributed by atoms with Gasteiger partial charge in [0.15, 0.2) is 0 Å². The zero-order chi connectivity index (χ0) is 13.7. The molecule has 0 aromatic heterocycles. The number of rotatable bonds is 7. The average Bonchev–Trinajstić information content (AvgIpc) is 3.25. The van der Waals surface area contributed by atoms with Gasteiger partial charge in [0.1, 0.15) is 5.54 Å². The molecule has 1 N–H and O–H groups in total. The predicted molar refractivity (Wildman–Crippen MR) is 76.7 cm³/mol. The molecule has 0 aromatic carbocycles. The van der Waals surface area contributed by atoms with Crippen molar-refractivity contribution in [1.82, 2.24) is 5.32 Å². The standard InChI is InChI=1S/C16H28N2O/c1-3-9-18-16(11-17,14-7-8-14)12-19-15-6-4-5-13(2)10-15/h13-15,18H,3-10,12H2,1-2H3. The summed E-state index contributed by atoms with van der Waals surface area (Å²) >= 11 is 0. The molecule has 2 saturated carbocycles. The summed E-state index contributed by atoms with van der Waals surface area (Å²) in [6, 6.07) is 2.53. The topological polar surface area (TPSA) is 45.0 Å². The minimum Gasteiger partial charge on any atom is -0.375 e. The van der Waals surface area contributed by atoms with Crippen LogP contribution in [-0.2, 0) is 4.74 Å². The van der Waals surface area contributed by atoms with E-state index in [9.17, 15) is 5.26 Å². The Balaban J connectivity index is 1.87. The summed E-state index contributed by atoms with van der Waals surface area (Å²) in [5.74, 6) is 1.28. The molecular weight excluding hydrogens is 236 g/mol. The van der Waals surface area contributed by atoms with Crippen molar-refractivity contribution in [2.45, 2.75) is 70.4 Å². The third kappa shape index (κ3) is 3.94. The van der Waals surface area contributed by atoms with Crippen LogP contribution in [0.3, 0.4) is 0 Å². The van der Waals surface area contributed by atoms with Crippen LogP contribution in [-0.4, -0.2) is 24.8 Å². The lowest BCUT2D eigenvalue weighted by Crippen LogP contribution is -2.51. The quantitative estimate of drug-likeness (QED) is 0.767. The fourth-order valence-corrected chi connectivity index (χ4v) is 3.18. The van der Waals surface area contributed by atoms with Gasteiger partial charge < -0.3 is 4.74 Å². The molecule has 2 rings (SSSR count). The molecule has 2 aliphatic rings. The molecule has 2 fully saturated rings. The van der Waals surface area contributed by atoms with Crippen LogP contribution in [0.25, 0.3) is 0 Å². The van der Waals surface area contributed by atoms with Gasteiger partial charge in [0.25, 0.3) is 0 Å². The van der Waals surface area contributed by atoms with Crippen LogP contribution in [0.5, 0.6) is 0 Å². The summed E-state index contributed by atoms with van der Waals surface area (Å²) in [6.45, 7) is 5.94. The van der Waals surface area contributed by atoms with Crippen LogP contribution < -0.4 is 5.32 Å². The van der Waals surface area contributed by atoms with E-state index in [0.717, 1.165) is 18.9 Å². The zero-order valence-electron chi connectivity index (χ0n) is 12.5. The normalized spacial score (nSPS) is 30.6. The second kappa shape index (κ2) is 6.72. The molecule has 0 radical (unpaired) electrons. The van der Waals surface area contributed by atoms with E-state index in [1.54, 1.807) is 0 Å². The van der Waals surface area contributed by atoms with Crippen molar-refractivity contribution < 1.29 is 4.74 Å². The van der Waals surface area contributed by atoms with E-state index in [2.05, 4.69) is 25.2 Å². The van der Waals surface area contributed by atoms with E-state index in [-0.39, 0.29) is 0 Å². The lowest BCUT2D eigenvalue weighted by Gasteiger charge is -2.32. The zero-order valence-corrected chi connectivity index (χ0v) is 12.5. The Morgan fingerprint density at radius 1 is 1.32 bits per heavy atom. The van der Waals surface area contributed by atoms with E-state index in [4.69, 9.17) is 4.74 Å². The highest BCUT2D eigenvalue weighted by atomic mass is 16.5. The molecule has 3 unspecified atom stereocenters. The lowest BCUT2D eigenvalue weighted by molar-refractivity contribution is -0.0114. The minimum atomic E-state index is -0.420. The van der Waals surface area contributed by atoms with Gasteiger partial charge in [0.2, 0.25) is 0 Å². The first-order valence-electron chi connectivity index (χ1n) is 7.98. The third-order valence-electron chi connectivity index (χ3n) is 4.60. The molecule has 0 aromatic rings. The maximum atomic E-state index is 9.60. The lowest BCUT2D eigenvalue weighted by atomic mass is 9.88. The summed E-state index contributed by atoms with van der Waals surface area (Å²) in [4.78, 5) is 0. The van der Waals surface area contributed by atoms with Crippen molar-refractivity contribution in [3.63, 3.8) is 0 Å². The summed E-state index contributed by atoms with van der Waals surface area (Å²) in [5, 5.41) is 13.1. The molecular formula is C16H28N2O. The van der Waals surface area contributed by atoms with Crippen LogP contribution in [0.1, 0.15) is 58.8 Å².